The number of anilines is 1. The van der Waals surface area contributed by atoms with Gasteiger partial charge in [0, 0.05) is 12.1 Å². The molecule has 0 amide bonds. The fraction of sp³-hybridized carbons (Fsp3) is 0.500. The number of amidine groups is 1. The van der Waals surface area contributed by atoms with E-state index in [1.165, 1.54) is 0 Å². The van der Waals surface area contributed by atoms with Crippen LogP contribution >= 0.6 is 0 Å². The normalized spacial score (nSPS) is 17.5. The van der Waals surface area contributed by atoms with Crippen LogP contribution in [0, 0.1) is 5.41 Å². The van der Waals surface area contributed by atoms with Crippen molar-refractivity contribution in [1.29, 1.82) is 5.41 Å². The molecular formula is C12H19N7. The van der Waals surface area contributed by atoms with E-state index in [-0.39, 0.29) is 17.9 Å². The van der Waals surface area contributed by atoms with Gasteiger partial charge in [0.15, 0.2) is 5.84 Å². The number of aromatic nitrogens is 2. The van der Waals surface area contributed by atoms with Gasteiger partial charge in [-0.25, -0.2) is 14.7 Å². The highest BCUT2D eigenvalue weighted by atomic mass is 15.5. The lowest BCUT2D eigenvalue weighted by Crippen LogP contribution is -2.31. The van der Waals surface area contributed by atoms with Crippen molar-refractivity contribution >= 4 is 29.3 Å². The molecule has 1 aliphatic rings. The highest BCUT2D eigenvalue weighted by Crippen LogP contribution is 2.24. The van der Waals surface area contributed by atoms with E-state index in [9.17, 15) is 0 Å². The van der Waals surface area contributed by atoms with E-state index in [0.29, 0.717) is 17.2 Å². The summed E-state index contributed by atoms with van der Waals surface area (Å²) in [6.45, 7) is 7.94. The smallest absolute Gasteiger partial charge is 0.169 e. The van der Waals surface area contributed by atoms with Crippen LogP contribution in [0.25, 0.3) is 0 Å². The molecule has 3 N–H and O–H groups in total. The van der Waals surface area contributed by atoms with E-state index in [2.05, 4.69) is 15.2 Å². The van der Waals surface area contributed by atoms with Crippen molar-refractivity contribution in [3.63, 3.8) is 0 Å². The monoisotopic (exact) mass is 261 g/mol. The van der Waals surface area contributed by atoms with Crippen LogP contribution in [0.1, 0.15) is 33.7 Å². The molecule has 2 rings (SSSR count). The molecule has 102 valence electrons. The molecule has 1 aliphatic heterocycles. The van der Waals surface area contributed by atoms with Gasteiger partial charge in [-0.2, -0.15) is 10.2 Å². The first-order valence-corrected chi connectivity index (χ1v) is 6.25. The third kappa shape index (κ3) is 2.35. The third-order valence-corrected chi connectivity index (χ3v) is 2.81. The summed E-state index contributed by atoms with van der Waals surface area (Å²) in [6.07, 6.45) is 3.19. The highest BCUT2D eigenvalue weighted by Gasteiger charge is 2.23. The molecule has 19 heavy (non-hydrogen) atoms. The minimum atomic E-state index is 0.132. The molecule has 0 spiro atoms. The maximum Gasteiger partial charge on any atom is 0.169 e. The summed E-state index contributed by atoms with van der Waals surface area (Å²) in [5.74, 6) is 0.790. The summed E-state index contributed by atoms with van der Waals surface area (Å²) >= 11 is 0. The van der Waals surface area contributed by atoms with Crippen LogP contribution in [0.4, 0.5) is 11.5 Å². The van der Waals surface area contributed by atoms with Gasteiger partial charge in [0.2, 0.25) is 0 Å². The third-order valence-electron chi connectivity index (χ3n) is 2.81. The van der Waals surface area contributed by atoms with Crippen molar-refractivity contribution in [2.45, 2.75) is 39.8 Å². The zero-order valence-corrected chi connectivity index (χ0v) is 11.6. The number of aliphatic imine (C=N–C) groups is 1. The molecule has 7 nitrogen and oxygen atoms in total. The SMILES string of the molecule is CC(C)N1N=C/C(=N/c2cnn(C(C)C)c2N)C1=N. The lowest BCUT2D eigenvalue weighted by Gasteiger charge is -2.17. The van der Waals surface area contributed by atoms with Crippen LogP contribution in [0.5, 0.6) is 0 Å². The molecule has 0 aliphatic carbocycles. The lowest BCUT2D eigenvalue weighted by atomic mass is 10.3. The zero-order valence-electron chi connectivity index (χ0n) is 11.6. The topological polar surface area (TPSA) is 95.7 Å². The quantitative estimate of drug-likeness (QED) is 0.868. The lowest BCUT2D eigenvalue weighted by molar-refractivity contribution is 0.378. The van der Waals surface area contributed by atoms with Crippen LogP contribution in [0.2, 0.25) is 0 Å². The maximum atomic E-state index is 8.01. The van der Waals surface area contributed by atoms with E-state index in [1.54, 1.807) is 22.1 Å². The number of nitrogens with two attached hydrogens (primary N) is 1. The van der Waals surface area contributed by atoms with Gasteiger partial charge in [-0.15, -0.1) is 0 Å². The van der Waals surface area contributed by atoms with Gasteiger partial charge in [0.05, 0.1) is 12.4 Å². The van der Waals surface area contributed by atoms with Crippen LogP contribution in [-0.2, 0) is 0 Å². The molecule has 0 atom stereocenters. The van der Waals surface area contributed by atoms with E-state index in [1.807, 2.05) is 27.7 Å². The molecule has 1 aromatic heterocycles. The van der Waals surface area contributed by atoms with Gasteiger partial charge >= 0.3 is 0 Å². The minimum absolute atomic E-state index is 0.132. The van der Waals surface area contributed by atoms with Gasteiger partial charge < -0.3 is 5.73 Å². The fourth-order valence-electron chi connectivity index (χ4n) is 1.82. The van der Waals surface area contributed by atoms with Crippen LogP contribution in [0.3, 0.4) is 0 Å². The number of nitrogens with one attached hydrogen (secondary N) is 1. The molecule has 0 unspecified atom stereocenters. The van der Waals surface area contributed by atoms with Crippen LogP contribution in [-0.4, -0.2) is 38.6 Å². The van der Waals surface area contributed by atoms with E-state index in [0.717, 1.165) is 0 Å². The first-order valence-electron chi connectivity index (χ1n) is 6.25. The Morgan fingerprint density at radius 3 is 2.42 bits per heavy atom. The summed E-state index contributed by atoms with van der Waals surface area (Å²) in [6, 6.07) is 0.310. The van der Waals surface area contributed by atoms with Crippen molar-refractivity contribution in [3.8, 4) is 0 Å². The molecule has 0 saturated carbocycles. The van der Waals surface area contributed by atoms with Gasteiger partial charge in [-0.1, -0.05) is 0 Å². The van der Waals surface area contributed by atoms with Crippen molar-refractivity contribution in [3.05, 3.63) is 6.20 Å². The Balaban J connectivity index is 2.29. The molecule has 0 saturated heterocycles. The maximum absolute atomic E-state index is 8.01. The number of nitrogen functional groups attached to an aromatic ring is 1. The zero-order chi connectivity index (χ0) is 14.2. The van der Waals surface area contributed by atoms with Gasteiger partial charge in [0.25, 0.3) is 0 Å². The summed E-state index contributed by atoms with van der Waals surface area (Å²) in [4.78, 5) is 4.37. The first-order chi connectivity index (χ1) is 8.91. The Hall–Kier alpha value is -2.18. The van der Waals surface area contributed by atoms with Crippen LogP contribution < -0.4 is 5.73 Å². The average Bonchev–Trinajstić information content (AvgIpc) is 2.85. The fourth-order valence-corrected chi connectivity index (χ4v) is 1.82. The second-order valence-corrected chi connectivity index (χ2v) is 4.98. The molecule has 2 heterocycles. The standard InChI is InChI=1S/C12H19N7/c1-7(2)18-11(13)9(5-15-18)17-10-6-16-19(8(3)4)12(10)14/h5-8,13H,14H2,1-4H3/b13-11?,17-9-. The Bertz CT molecular complexity index is 550. The second kappa shape index (κ2) is 4.83. The first kappa shape index (κ1) is 13.3. The van der Waals surface area contributed by atoms with E-state index < -0.39 is 0 Å². The molecule has 0 bridgehead atoms. The molecule has 0 aromatic carbocycles. The Morgan fingerprint density at radius 2 is 1.95 bits per heavy atom. The summed E-state index contributed by atoms with van der Waals surface area (Å²) in [5.41, 5.74) is 7.07. The molecule has 0 radical (unpaired) electrons. The minimum Gasteiger partial charge on any atom is -0.382 e. The summed E-state index contributed by atoms with van der Waals surface area (Å²) in [5, 5.41) is 18.0. The second-order valence-electron chi connectivity index (χ2n) is 4.98. The predicted molar refractivity (Wildman–Crippen MR) is 77.3 cm³/mol. The van der Waals surface area contributed by atoms with E-state index in [4.69, 9.17) is 11.1 Å². The predicted octanol–water partition coefficient (Wildman–Crippen LogP) is 1.81. The molecule has 0 fully saturated rings. The van der Waals surface area contributed by atoms with Crippen molar-refractivity contribution < 1.29 is 0 Å². The molecular weight excluding hydrogens is 242 g/mol. The summed E-state index contributed by atoms with van der Waals surface area (Å²) in [7, 11) is 0. The van der Waals surface area contributed by atoms with Crippen molar-refractivity contribution in [1.82, 2.24) is 14.8 Å². The van der Waals surface area contributed by atoms with Gasteiger partial charge in [-0.3, -0.25) is 5.41 Å². The number of hydrogen-bond donors (Lipinski definition) is 2. The van der Waals surface area contributed by atoms with Crippen molar-refractivity contribution in [2.24, 2.45) is 10.1 Å². The highest BCUT2D eigenvalue weighted by molar-refractivity contribution is 6.63. The number of hydrogen-bond acceptors (Lipinski definition) is 5. The number of hydrazone groups is 1. The van der Waals surface area contributed by atoms with Gasteiger partial charge in [0.1, 0.15) is 17.2 Å². The number of nitrogens with zero attached hydrogens (tertiary/aromatic N) is 5. The number of rotatable bonds is 3. The van der Waals surface area contributed by atoms with Crippen molar-refractivity contribution in [2.75, 3.05) is 5.73 Å². The van der Waals surface area contributed by atoms with E-state index >= 15 is 0 Å². The molecule has 7 heteroatoms. The Morgan fingerprint density at radius 1 is 1.26 bits per heavy atom. The largest absolute Gasteiger partial charge is 0.382 e. The van der Waals surface area contributed by atoms with Gasteiger partial charge in [-0.05, 0) is 27.7 Å². The Labute approximate surface area is 112 Å². The molecule has 1 aromatic rings. The Kier molecular flexibility index (Phi) is 3.37. The summed E-state index contributed by atoms with van der Waals surface area (Å²) < 4.78 is 1.70. The average molecular weight is 261 g/mol. The van der Waals surface area contributed by atoms with Crippen LogP contribution in [0.15, 0.2) is 16.3 Å².